The standard InChI is InChI=1S/C26H22N8O4/c1-4-20(35)30-16-6-8-17(9-7-16)34-23(21-22(33-34)25(36)32-31-24(21)27)15-5-10-18(19(13-15)37-3)38-26-28-12-11-14(2)29-26/h4-13H,1H2,2-3H3,(H2,27,31)(H,30,35)(H,32,36). The van der Waals surface area contributed by atoms with Crippen LogP contribution in [0.1, 0.15) is 5.69 Å². The number of hydrogen-bond donors (Lipinski definition) is 3. The summed E-state index contributed by atoms with van der Waals surface area (Å²) in [5.74, 6) is 0.554. The van der Waals surface area contributed by atoms with Crippen LogP contribution in [0.25, 0.3) is 27.8 Å². The number of carbonyl (C=O) groups is 1. The van der Waals surface area contributed by atoms with E-state index in [2.05, 4.69) is 37.2 Å². The lowest BCUT2D eigenvalue weighted by Crippen LogP contribution is -2.10. The first-order valence-corrected chi connectivity index (χ1v) is 11.3. The van der Waals surface area contributed by atoms with Gasteiger partial charge in [0.25, 0.3) is 5.56 Å². The van der Waals surface area contributed by atoms with Gasteiger partial charge in [-0.15, -0.1) is 0 Å². The summed E-state index contributed by atoms with van der Waals surface area (Å²) in [5, 5.41) is 13.9. The first-order chi connectivity index (χ1) is 18.4. The number of nitrogens with zero attached hydrogens (tertiary/aromatic N) is 5. The van der Waals surface area contributed by atoms with E-state index in [9.17, 15) is 9.59 Å². The van der Waals surface area contributed by atoms with E-state index in [4.69, 9.17) is 15.2 Å². The summed E-state index contributed by atoms with van der Waals surface area (Å²) in [6, 6.07) is 14.1. The fourth-order valence-electron chi connectivity index (χ4n) is 3.84. The van der Waals surface area contributed by atoms with Crippen LogP contribution in [0.3, 0.4) is 0 Å². The quantitative estimate of drug-likeness (QED) is 0.279. The third kappa shape index (κ3) is 4.53. The minimum atomic E-state index is -0.493. The average Bonchev–Trinajstić information content (AvgIpc) is 3.33. The van der Waals surface area contributed by atoms with Crippen LogP contribution >= 0.6 is 0 Å². The number of anilines is 2. The Balaban J connectivity index is 1.65. The minimum Gasteiger partial charge on any atom is -0.493 e. The molecule has 0 saturated heterocycles. The van der Waals surface area contributed by atoms with E-state index >= 15 is 0 Å². The third-order valence-corrected chi connectivity index (χ3v) is 5.61. The van der Waals surface area contributed by atoms with Crippen LogP contribution in [0.4, 0.5) is 11.5 Å². The van der Waals surface area contributed by atoms with Crippen molar-refractivity contribution in [1.82, 2.24) is 29.9 Å². The number of aromatic amines is 1. The number of fused-ring (bicyclic) bond motifs is 1. The van der Waals surface area contributed by atoms with Crippen LogP contribution < -0.4 is 26.1 Å². The molecule has 5 aromatic rings. The van der Waals surface area contributed by atoms with Gasteiger partial charge in [-0.1, -0.05) is 6.58 Å². The summed E-state index contributed by atoms with van der Waals surface area (Å²) in [7, 11) is 1.51. The van der Waals surface area contributed by atoms with Gasteiger partial charge in [0.1, 0.15) is 0 Å². The zero-order valence-corrected chi connectivity index (χ0v) is 20.4. The molecule has 0 spiro atoms. The Morgan fingerprint density at radius 3 is 2.66 bits per heavy atom. The topological polar surface area (TPSA) is 163 Å². The molecule has 0 unspecified atom stereocenters. The fourth-order valence-corrected chi connectivity index (χ4v) is 3.84. The number of ether oxygens (including phenoxy) is 2. The highest BCUT2D eigenvalue weighted by Gasteiger charge is 2.22. The number of nitrogens with two attached hydrogens (primary N) is 1. The molecule has 4 N–H and O–H groups in total. The zero-order valence-electron chi connectivity index (χ0n) is 20.4. The molecule has 5 rings (SSSR count). The first-order valence-electron chi connectivity index (χ1n) is 11.3. The Hall–Kier alpha value is -5.52. The highest BCUT2D eigenvalue weighted by Crippen LogP contribution is 2.38. The molecule has 3 aromatic heterocycles. The highest BCUT2D eigenvalue weighted by molar-refractivity contribution is 6.01. The van der Waals surface area contributed by atoms with Crippen LogP contribution in [-0.2, 0) is 4.79 Å². The van der Waals surface area contributed by atoms with E-state index in [-0.39, 0.29) is 23.3 Å². The molecule has 12 heteroatoms. The highest BCUT2D eigenvalue weighted by atomic mass is 16.5. The molecule has 0 aliphatic rings. The number of amides is 1. The second-order valence-electron chi connectivity index (χ2n) is 8.11. The van der Waals surface area contributed by atoms with E-state index in [1.165, 1.54) is 13.2 Å². The lowest BCUT2D eigenvalue weighted by atomic mass is 10.1. The molecule has 0 aliphatic heterocycles. The Morgan fingerprint density at radius 2 is 1.95 bits per heavy atom. The number of hydrogen-bond acceptors (Lipinski definition) is 9. The molecule has 0 fully saturated rings. The Labute approximate surface area is 215 Å². The smallest absolute Gasteiger partial charge is 0.322 e. The molecular weight excluding hydrogens is 488 g/mol. The van der Waals surface area contributed by atoms with Gasteiger partial charge in [-0.2, -0.15) is 10.2 Å². The number of benzene rings is 2. The molecule has 38 heavy (non-hydrogen) atoms. The normalized spacial score (nSPS) is 10.8. The molecular formula is C26H22N8O4. The molecule has 190 valence electrons. The minimum absolute atomic E-state index is 0.100. The Bertz CT molecular complexity index is 1740. The summed E-state index contributed by atoms with van der Waals surface area (Å²) in [5.41, 5.74) is 8.89. The number of nitrogens with one attached hydrogen (secondary N) is 2. The Morgan fingerprint density at radius 1 is 1.16 bits per heavy atom. The van der Waals surface area contributed by atoms with Crippen molar-refractivity contribution in [3.63, 3.8) is 0 Å². The van der Waals surface area contributed by atoms with Gasteiger partial charge in [-0.25, -0.2) is 19.7 Å². The number of aryl methyl sites for hydroxylation is 1. The molecule has 3 heterocycles. The molecule has 1 amide bonds. The zero-order chi connectivity index (χ0) is 26.8. The summed E-state index contributed by atoms with van der Waals surface area (Å²) >= 11 is 0. The van der Waals surface area contributed by atoms with Gasteiger partial charge in [0.05, 0.1) is 23.9 Å². The largest absolute Gasteiger partial charge is 0.493 e. The van der Waals surface area contributed by atoms with E-state index in [1.807, 2.05) is 6.92 Å². The number of methoxy groups -OCH3 is 1. The summed E-state index contributed by atoms with van der Waals surface area (Å²) < 4.78 is 13.0. The third-order valence-electron chi connectivity index (χ3n) is 5.61. The molecule has 0 bridgehead atoms. The van der Waals surface area contributed by atoms with Gasteiger partial charge >= 0.3 is 6.01 Å². The average molecular weight is 511 g/mol. The van der Waals surface area contributed by atoms with Crippen molar-refractivity contribution in [3.8, 4) is 34.5 Å². The number of rotatable bonds is 7. The number of H-pyrrole nitrogens is 1. The van der Waals surface area contributed by atoms with Crippen molar-refractivity contribution in [2.24, 2.45) is 0 Å². The van der Waals surface area contributed by atoms with E-state index in [0.717, 1.165) is 5.69 Å². The maximum absolute atomic E-state index is 12.6. The van der Waals surface area contributed by atoms with Crippen molar-refractivity contribution in [2.75, 3.05) is 18.2 Å². The molecule has 0 saturated carbocycles. The van der Waals surface area contributed by atoms with Crippen LogP contribution in [-0.4, -0.2) is 43.0 Å². The predicted octanol–water partition coefficient (Wildman–Crippen LogP) is 3.38. The van der Waals surface area contributed by atoms with Crippen LogP contribution in [0, 0.1) is 6.92 Å². The second kappa shape index (κ2) is 9.85. The van der Waals surface area contributed by atoms with Crippen LogP contribution in [0.5, 0.6) is 17.5 Å². The lowest BCUT2D eigenvalue weighted by Gasteiger charge is -2.13. The predicted molar refractivity (Wildman–Crippen MR) is 142 cm³/mol. The van der Waals surface area contributed by atoms with Gasteiger partial charge in [-0.05, 0) is 61.5 Å². The molecule has 0 atom stereocenters. The van der Waals surface area contributed by atoms with Gasteiger partial charge < -0.3 is 20.5 Å². The number of aromatic nitrogens is 6. The van der Waals surface area contributed by atoms with Gasteiger partial charge in [0, 0.05) is 23.1 Å². The first kappa shape index (κ1) is 24.2. The van der Waals surface area contributed by atoms with Gasteiger partial charge in [-0.3, -0.25) is 9.59 Å². The summed E-state index contributed by atoms with van der Waals surface area (Å²) in [6.45, 7) is 5.29. The summed E-state index contributed by atoms with van der Waals surface area (Å²) in [4.78, 5) is 32.7. The van der Waals surface area contributed by atoms with Crippen LogP contribution in [0.15, 0.2) is 72.2 Å². The Kier molecular flexibility index (Phi) is 6.27. The maximum Gasteiger partial charge on any atom is 0.322 e. The monoisotopic (exact) mass is 510 g/mol. The molecule has 2 aromatic carbocycles. The van der Waals surface area contributed by atoms with Crippen molar-refractivity contribution in [2.45, 2.75) is 6.92 Å². The second-order valence-corrected chi connectivity index (χ2v) is 8.11. The van der Waals surface area contributed by atoms with Gasteiger partial charge in [0.15, 0.2) is 22.8 Å². The van der Waals surface area contributed by atoms with Crippen LogP contribution in [0.2, 0.25) is 0 Å². The molecule has 12 nitrogen and oxygen atoms in total. The van der Waals surface area contributed by atoms with E-state index in [1.54, 1.807) is 59.4 Å². The number of nitrogen functional groups attached to an aromatic ring is 1. The van der Waals surface area contributed by atoms with E-state index in [0.29, 0.717) is 39.5 Å². The fraction of sp³-hybridized carbons (Fsp3) is 0.0769. The van der Waals surface area contributed by atoms with E-state index < -0.39 is 5.56 Å². The van der Waals surface area contributed by atoms with Crippen molar-refractivity contribution >= 4 is 28.3 Å². The lowest BCUT2D eigenvalue weighted by molar-refractivity contribution is -0.111. The molecule has 0 aliphatic carbocycles. The number of carbonyl (C=O) groups excluding carboxylic acids is 1. The van der Waals surface area contributed by atoms with Crippen molar-refractivity contribution in [1.29, 1.82) is 0 Å². The van der Waals surface area contributed by atoms with Crippen molar-refractivity contribution in [3.05, 3.63) is 83.4 Å². The SMILES string of the molecule is C=CC(=O)Nc1ccc(-n2nc3c(=O)[nH]nc(N)c3c2-c2ccc(Oc3nccc(C)n3)c(OC)c2)cc1. The summed E-state index contributed by atoms with van der Waals surface area (Å²) in [6.07, 6.45) is 2.78. The van der Waals surface area contributed by atoms with Gasteiger partial charge in [0.2, 0.25) is 5.91 Å². The molecule has 0 radical (unpaired) electrons. The van der Waals surface area contributed by atoms with Crippen molar-refractivity contribution < 1.29 is 14.3 Å². The maximum atomic E-state index is 12.6.